The number of nitrogens with zero attached hydrogens (tertiary/aromatic N) is 1. The van der Waals surface area contributed by atoms with Gasteiger partial charge in [0.05, 0.1) is 17.7 Å². The molecule has 0 spiro atoms. The smallest absolute Gasteiger partial charge is 0.412 e. The molecule has 0 fully saturated rings. The van der Waals surface area contributed by atoms with Crippen LogP contribution in [0.2, 0.25) is 0 Å². The largest absolute Gasteiger partial charge is 0.444 e. The van der Waals surface area contributed by atoms with E-state index in [4.69, 9.17) is 9.47 Å². The highest BCUT2D eigenvalue weighted by Gasteiger charge is 2.31. The summed E-state index contributed by atoms with van der Waals surface area (Å²) in [5.74, 6) is -0.178. The molecule has 0 radical (unpaired) electrons. The first kappa shape index (κ1) is 37.4. The summed E-state index contributed by atoms with van der Waals surface area (Å²) < 4.78 is 13.4. The number of carbonyl (C=O) groups excluding carboxylic acids is 3. The number of hydrogen-bond acceptors (Lipinski definition) is 6. The fourth-order valence-electron chi connectivity index (χ4n) is 5.44. The quantitative estimate of drug-likeness (QED) is 0.129. The molecule has 4 N–H and O–H groups in total. The highest BCUT2D eigenvalue weighted by atomic mass is 16.6. The molecule has 4 atom stereocenters. The van der Waals surface area contributed by atoms with Crippen LogP contribution in [0.3, 0.4) is 0 Å². The molecular weight excluding hydrogens is 596 g/mol. The minimum atomic E-state index is -1.02. The van der Waals surface area contributed by atoms with E-state index >= 15 is 0 Å². The van der Waals surface area contributed by atoms with Crippen molar-refractivity contribution in [3.8, 4) is 5.75 Å². The van der Waals surface area contributed by atoms with E-state index in [0.717, 1.165) is 29.3 Å². The summed E-state index contributed by atoms with van der Waals surface area (Å²) in [4.78, 5) is 38.5. The Hall–Kier alpha value is -4.05. The van der Waals surface area contributed by atoms with Gasteiger partial charge < -0.3 is 35.1 Å². The number of unbranched alkanes of at least 4 members (excludes halogenated alkanes) is 1. The zero-order valence-corrected chi connectivity index (χ0v) is 29.0. The molecule has 0 bridgehead atoms. The summed E-state index contributed by atoms with van der Waals surface area (Å²) in [7, 11) is 0. The van der Waals surface area contributed by atoms with E-state index in [-0.39, 0.29) is 30.7 Å². The van der Waals surface area contributed by atoms with Crippen molar-refractivity contribution < 1.29 is 29.0 Å². The molecule has 3 aromatic rings. The number of benzene rings is 2. The zero-order chi connectivity index (χ0) is 34.6. The zero-order valence-electron chi connectivity index (χ0n) is 29.0. The molecule has 1 heterocycles. The predicted molar refractivity (Wildman–Crippen MR) is 185 cm³/mol. The van der Waals surface area contributed by atoms with E-state index in [1.807, 2.05) is 62.5 Å². The Morgan fingerprint density at radius 2 is 1.60 bits per heavy atom. The molecule has 1 aromatic heterocycles. The van der Waals surface area contributed by atoms with Gasteiger partial charge in [0, 0.05) is 37.1 Å². The first-order chi connectivity index (χ1) is 22.3. The Bertz CT molecular complexity index is 1430. The van der Waals surface area contributed by atoms with Crippen molar-refractivity contribution in [2.75, 3.05) is 13.1 Å². The van der Waals surface area contributed by atoms with Gasteiger partial charge in [0.15, 0.2) is 5.75 Å². The molecule has 0 aliphatic heterocycles. The molecule has 10 heteroatoms. The van der Waals surface area contributed by atoms with E-state index in [1.165, 1.54) is 0 Å². The summed E-state index contributed by atoms with van der Waals surface area (Å²) in [5.41, 5.74) is 1.36. The standard InChI is InChI=1S/C37H54N4O6/c1-8-9-19-38-34(43)26(4)20-32(42)30(40-36(45)47-37(5,6)7)21-28(25(2)3)22-39-35(44)46-33-24-41(23-27-15-11-10-12-16-27)31-18-14-13-17-29(31)33/h10-18,24-26,28,30,32,42H,8-9,19-23H2,1-7H3,(H,38,43)(H,39,44)(H,40,45)/t26-,28+,30+,32+/m1/s1. The maximum absolute atomic E-state index is 13.1. The van der Waals surface area contributed by atoms with Crippen LogP contribution in [0.1, 0.15) is 79.7 Å². The van der Waals surface area contributed by atoms with Gasteiger partial charge in [0.25, 0.3) is 0 Å². The molecule has 3 amide bonds. The van der Waals surface area contributed by atoms with Crippen LogP contribution in [-0.2, 0) is 16.1 Å². The van der Waals surface area contributed by atoms with Crippen LogP contribution >= 0.6 is 0 Å². The molecule has 47 heavy (non-hydrogen) atoms. The molecule has 0 aliphatic carbocycles. The second-order valence-corrected chi connectivity index (χ2v) is 13.7. The van der Waals surface area contributed by atoms with E-state index in [9.17, 15) is 19.5 Å². The summed E-state index contributed by atoms with van der Waals surface area (Å²) in [6.07, 6.45) is 1.94. The summed E-state index contributed by atoms with van der Waals surface area (Å²) in [5, 5.41) is 20.8. The maximum atomic E-state index is 13.1. The van der Waals surface area contributed by atoms with Gasteiger partial charge in [-0.2, -0.15) is 0 Å². The Labute approximate surface area is 279 Å². The van der Waals surface area contributed by atoms with Gasteiger partial charge in [-0.1, -0.05) is 76.6 Å². The van der Waals surface area contributed by atoms with Crippen molar-refractivity contribution >= 4 is 29.0 Å². The molecular formula is C37H54N4O6. The van der Waals surface area contributed by atoms with Crippen LogP contribution in [0, 0.1) is 17.8 Å². The number of nitrogens with one attached hydrogen (secondary N) is 3. The molecule has 258 valence electrons. The molecule has 0 saturated heterocycles. The van der Waals surface area contributed by atoms with Crippen molar-refractivity contribution in [2.24, 2.45) is 17.8 Å². The topological polar surface area (TPSA) is 131 Å². The van der Waals surface area contributed by atoms with Crippen LogP contribution < -0.4 is 20.7 Å². The number of fused-ring (bicyclic) bond motifs is 1. The van der Waals surface area contributed by atoms with Gasteiger partial charge >= 0.3 is 12.2 Å². The second kappa shape index (κ2) is 17.8. The Balaban J connectivity index is 1.69. The van der Waals surface area contributed by atoms with Gasteiger partial charge in [0.1, 0.15) is 5.60 Å². The SMILES string of the molecule is CCCCNC(=O)[C@H](C)C[C@H](O)[C@H](C[C@@H](CNC(=O)Oc1cn(Cc2ccccc2)c2ccccc12)C(C)C)NC(=O)OC(C)(C)C. The molecule has 0 unspecified atom stereocenters. The highest BCUT2D eigenvalue weighted by molar-refractivity contribution is 5.89. The molecule has 10 nitrogen and oxygen atoms in total. The van der Waals surface area contributed by atoms with E-state index in [1.54, 1.807) is 27.7 Å². The number of aromatic nitrogens is 1. The first-order valence-corrected chi connectivity index (χ1v) is 16.8. The van der Waals surface area contributed by atoms with Crippen LogP contribution in [0.5, 0.6) is 5.75 Å². The van der Waals surface area contributed by atoms with Gasteiger partial charge in [-0.15, -0.1) is 0 Å². The van der Waals surface area contributed by atoms with Crippen LogP contribution in [0.15, 0.2) is 60.8 Å². The number of ether oxygens (including phenoxy) is 2. The molecule has 0 aliphatic rings. The maximum Gasteiger partial charge on any atom is 0.412 e. The average Bonchev–Trinajstić information content (AvgIpc) is 3.34. The summed E-state index contributed by atoms with van der Waals surface area (Å²) in [6.45, 7) is 14.7. The Morgan fingerprint density at radius 1 is 0.915 bits per heavy atom. The fourth-order valence-corrected chi connectivity index (χ4v) is 5.44. The van der Waals surface area contributed by atoms with Gasteiger partial charge in [-0.25, -0.2) is 9.59 Å². The lowest BCUT2D eigenvalue weighted by molar-refractivity contribution is -0.125. The second-order valence-electron chi connectivity index (χ2n) is 13.7. The van der Waals surface area contributed by atoms with Gasteiger partial charge in [-0.3, -0.25) is 4.79 Å². The normalized spacial score (nSPS) is 14.2. The van der Waals surface area contributed by atoms with E-state index in [0.29, 0.717) is 25.3 Å². The predicted octanol–water partition coefficient (Wildman–Crippen LogP) is 6.64. The first-order valence-electron chi connectivity index (χ1n) is 16.8. The molecule has 2 aromatic carbocycles. The van der Waals surface area contributed by atoms with Crippen molar-refractivity contribution in [3.63, 3.8) is 0 Å². The van der Waals surface area contributed by atoms with Gasteiger partial charge in [-0.05, 0) is 69.6 Å². The number of rotatable bonds is 16. The number of aliphatic hydroxyl groups is 1. The van der Waals surface area contributed by atoms with Gasteiger partial charge in [0.2, 0.25) is 5.91 Å². The average molecular weight is 651 g/mol. The van der Waals surface area contributed by atoms with Crippen molar-refractivity contribution in [1.82, 2.24) is 20.5 Å². The highest BCUT2D eigenvalue weighted by Crippen LogP contribution is 2.29. The number of amides is 3. The lowest BCUT2D eigenvalue weighted by atomic mass is 9.85. The Morgan fingerprint density at radius 3 is 2.26 bits per heavy atom. The third kappa shape index (κ3) is 12.2. The number of para-hydroxylation sites is 1. The van der Waals surface area contributed by atoms with E-state index in [2.05, 4.69) is 39.6 Å². The summed E-state index contributed by atoms with van der Waals surface area (Å²) in [6, 6.07) is 17.2. The third-order valence-electron chi connectivity index (χ3n) is 8.20. The monoisotopic (exact) mass is 650 g/mol. The van der Waals surface area contributed by atoms with Crippen molar-refractivity contribution in [2.45, 2.75) is 98.4 Å². The molecule has 0 saturated carbocycles. The minimum absolute atomic E-state index is 0.0907. The lowest BCUT2D eigenvalue weighted by Crippen LogP contribution is -2.49. The number of aliphatic hydroxyl groups excluding tert-OH is 1. The number of alkyl carbamates (subject to hydrolysis) is 1. The van der Waals surface area contributed by atoms with Crippen LogP contribution in [0.25, 0.3) is 10.9 Å². The number of carbonyl (C=O) groups is 3. The van der Waals surface area contributed by atoms with Crippen LogP contribution in [0.4, 0.5) is 9.59 Å². The summed E-state index contributed by atoms with van der Waals surface area (Å²) >= 11 is 0. The van der Waals surface area contributed by atoms with Crippen LogP contribution in [-0.4, -0.2) is 58.6 Å². The fraction of sp³-hybridized carbons (Fsp3) is 0.541. The Kier molecular flexibility index (Phi) is 14.1. The van der Waals surface area contributed by atoms with E-state index < -0.39 is 35.9 Å². The third-order valence-corrected chi connectivity index (χ3v) is 8.20. The molecule has 3 rings (SSSR count). The van der Waals surface area contributed by atoms with Crippen molar-refractivity contribution in [1.29, 1.82) is 0 Å². The number of hydrogen-bond donors (Lipinski definition) is 4. The minimum Gasteiger partial charge on any atom is -0.444 e. The lowest BCUT2D eigenvalue weighted by Gasteiger charge is -2.32. The van der Waals surface area contributed by atoms with Crippen molar-refractivity contribution in [3.05, 3.63) is 66.4 Å².